The Morgan fingerprint density at radius 3 is 2.54 bits per heavy atom. The molecule has 7 nitrogen and oxygen atoms in total. The molecule has 3 rings (SSSR count). The van der Waals surface area contributed by atoms with E-state index in [1.165, 1.54) is 19.2 Å². The van der Waals surface area contributed by atoms with Gasteiger partial charge in [0.05, 0.1) is 10.1 Å². The van der Waals surface area contributed by atoms with E-state index in [1.807, 2.05) is 12.2 Å². The molecule has 0 saturated heterocycles. The summed E-state index contributed by atoms with van der Waals surface area (Å²) in [6, 6.07) is 6.27. The quantitative estimate of drug-likeness (QED) is 0.700. The first kappa shape index (κ1) is 20.6. The normalized spacial score (nSPS) is 17.3. The molecule has 2 N–H and O–H groups in total. The second-order valence-corrected chi connectivity index (χ2v) is 11.0. The second kappa shape index (κ2) is 7.73. The molecule has 28 heavy (non-hydrogen) atoms. The van der Waals surface area contributed by atoms with Crippen molar-refractivity contribution in [2.45, 2.75) is 43.3 Å². The van der Waals surface area contributed by atoms with E-state index >= 15 is 0 Å². The van der Waals surface area contributed by atoms with Crippen molar-refractivity contribution < 1.29 is 21.6 Å². The van der Waals surface area contributed by atoms with Crippen LogP contribution in [0.1, 0.15) is 33.1 Å². The minimum atomic E-state index is -3.54. The predicted molar refractivity (Wildman–Crippen MR) is 108 cm³/mol. The van der Waals surface area contributed by atoms with Crippen LogP contribution in [0.15, 0.2) is 63.9 Å². The summed E-state index contributed by atoms with van der Waals surface area (Å²) >= 11 is 0. The molecule has 152 valence electrons. The Bertz CT molecular complexity index is 1080. The summed E-state index contributed by atoms with van der Waals surface area (Å²) in [7, 11) is -5.55. The van der Waals surface area contributed by atoms with Gasteiger partial charge in [-0.25, -0.2) is 21.6 Å². The van der Waals surface area contributed by atoms with Crippen LogP contribution in [0, 0.1) is 0 Å². The number of ether oxygens (including phenoxy) is 1. The van der Waals surface area contributed by atoms with Gasteiger partial charge in [-0.3, -0.25) is 4.72 Å². The molecule has 0 bridgehead atoms. The SMILES string of the molecule is CNS(=O)(=O)c1cccc(OC2=CCC3=C(NS(=O)(=O)C(C)C)CCC3=C2)c1. The zero-order valence-electron chi connectivity index (χ0n) is 16.0. The highest BCUT2D eigenvalue weighted by molar-refractivity contribution is 7.90. The molecule has 0 fully saturated rings. The van der Waals surface area contributed by atoms with E-state index in [2.05, 4.69) is 9.44 Å². The van der Waals surface area contributed by atoms with Crippen LogP contribution in [-0.4, -0.2) is 29.1 Å². The van der Waals surface area contributed by atoms with Gasteiger partial charge in [0.1, 0.15) is 11.5 Å². The Balaban J connectivity index is 1.78. The highest BCUT2D eigenvalue weighted by Gasteiger charge is 2.26. The number of hydrogen-bond acceptors (Lipinski definition) is 5. The minimum absolute atomic E-state index is 0.128. The molecule has 9 heteroatoms. The summed E-state index contributed by atoms with van der Waals surface area (Å²) < 4.78 is 59.0. The molecule has 0 radical (unpaired) electrons. The molecule has 0 aliphatic heterocycles. The maximum absolute atomic E-state index is 12.1. The molecule has 0 amide bonds. The summed E-state index contributed by atoms with van der Waals surface area (Å²) in [6.07, 6.45) is 5.69. The highest BCUT2D eigenvalue weighted by atomic mass is 32.2. The van der Waals surface area contributed by atoms with Crippen molar-refractivity contribution in [3.05, 3.63) is 59.0 Å². The zero-order valence-corrected chi connectivity index (χ0v) is 17.7. The lowest BCUT2D eigenvalue weighted by Gasteiger charge is -2.17. The predicted octanol–water partition coefficient (Wildman–Crippen LogP) is 2.56. The van der Waals surface area contributed by atoms with Crippen LogP contribution in [-0.2, 0) is 20.0 Å². The van der Waals surface area contributed by atoms with Gasteiger partial charge in [0, 0.05) is 11.8 Å². The fourth-order valence-electron chi connectivity index (χ4n) is 3.03. The van der Waals surface area contributed by atoms with Crippen LogP contribution in [0.5, 0.6) is 5.75 Å². The molecule has 2 aliphatic rings. The molecule has 1 aromatic rings. The van der Waals surface area contributed by atoms with Gasteiger partial charge >= 0.3 is 0 Å². The Labute approximate surface area is 166 Å². The first-order valence-corrected chi connectivity index (χ1v) is 12.0. The summed E-state index contributed by atoms with van der Waals surface area (Å²) in [6.45, 7) is 3.29. The van der Waals surface area contributed by atoms with E-state index in [4.69, 9.17) is 4.74 Å². The topological polar surface area (TPSA) is 102 Å². The first-order valence-electron chi connectivity index (χ1n) is 8.98. The third-order valence-corrected chi connectivity index (χ3v) is 7.91. The number of nitrogens with one attached hydrogen (secondary N) is 2. The van der Waals surface area contributed by atoms with Crippen molar-refractivity contribution in [2.24, 2.45) is 0 Å². The number of allylic oxidation sites excluding steroid dienone is 5. The zero-order chi connectivity index (χ0) is 20.5. The van der Waals surface area contributed by atoms with E-state index in [0.717, 1.165) is 23.3 Å². The Morgan fingerprint density at radius 2 is 1.86 bits per heavy atom. The van der Waals surface area contributed by atoms with Gasteiger partial charge in [-0.05, 0) is 75.6 Å². The van der Waals surface area contributed by atoms with Crippen LogP contribution >= 0.6 is 0 Å². The molecule has 0 saturated carbocycles. The summed E-state index contributed by atoms with van der Waals surface area (Å²) in [4.78, 5) is 0.128. The van der Waals surface area contributed by atoms with E-state index in [1.54, 1.807) is 26.0 Å². The van der Waals surface area contributed by atoms with Crippen molar-refractivity contribution in [3.63, 3.8) is 0 Å². The Hall–Kier alpha value is -2.10. The second-order valence-electron chi connectivity index (χ2n) is 6.92. The summed E-state index contributed by atoms with van der Waals surface area (Å²) in [5.74, 6) is 1.04. The smallest absolute Gasteiger partial charge is 0.240 e. The van der Waals surface area contributed by atoms with Gasteiger partial charge in [-0.15, -0.1) is 0 Å². The fourth-order valence-corrected chi connectivity index (χ4v) is 4.60. The summed E-state index contributed by atoms with van der Waals surface area (Å²) in [5, 5.41) is -0.493. The molecule has 0 atom stereocenters. The largest absolute Gasteiger partial charge is 0.458 e. The molecule has 2 aliphatic carbocycles. The van der Waals surface area contributed by atoms with Gasteiger partial charge in [0.25, 0.3) is 0 Å². The van der Waals surface area contributed by atoms with E-state index < -0.39 is 25.3 Å². The van der Waals surface area contributed by atoms with Crippen molar-refractivity contribution >= 4 is 20.0 Å². The number of sulfonamides is 2. The van der Waals surface area contributed by atoms with Gasteiger partial charge in [-0.2, -0.15) is 0 Å². The lowest BCUT2D eigenvalue weighted by Crippen LogP contribution is -2.30. The standard InChI is InChI=1S/C19H24N2O5S2/c1-13(2)27(22,23)21-19-10-7-14-11-16(8-9-18(14)19)26-15-5-4-6-17(12-15)28(24,25)20-3/h4-6,8,11-13,20-21H,7,9-10H2,1-3H3. The average Bonchev–Trinajstić information content (AvgIpc) is 3.03. The van der Waals surface area contributed by atoms with E-state index in [-0.39, 0.29) is 4.90 Å². The Morgan fingerprint density at radius 1 is 1.11 bits per heavy atom. The average molecular weight is 425 g/mol. The molecular formula is C19H24N2O5S2. The first-order chi connectivity index (χ1) is 13.1. The molecule has 1 aromatic carbocycles. The maximum Gasteiger partial charge on any atom is 0.240 e. The van der Waals surface area contributed by atoms with Gasteiger partial charge in [0.2, 0.25) is 20.0 Å². The van der Waals surface area contributed by atoms with Crippen LogP contribution in [0.3, 0.4) is 0 Å². The number of fused-ring (bicyclic) bond motifs is 1. The van der Waals surface area contributed by atoms with E-state index in [0.29, 0.717) is 24.4 Å². The maximum atomic E-state index is 12.1. The van der Waals surface area contributed by atoms with Gasteiger partial charge in [-0.1, -0.05) is 6.07 Å². The fraction of sp³-hybridized carbons (Fsp3) is 0.368. The van der Waals surface area contributed by atoms with Crippen molar-refractivity contribution in [2.75, 3.05) is 7.05 Å². The van der Waals surface area contributed by atoms with Gasteiger partial charge in [0.15, 0.2) is 0 Å². The van der Waals surface area contributed by atoms with Crippen molar-refractivity contribution in [1.29, 1.82) is 0 Å². The van der Waals surface area contributed by atoms with Crippen LogP contribution in [0.25, 0.3) is 0 Å². The van der Waals surface area contributed by atoms with Crippen molar-refractivity contribution in [3.8, 4) is 5.75 Å². The van der Waals surface area contributed by atoms with Crippen molar-refractivity contribution in [1.82, 2.24) is 9.44 Å². The lowest BCUT2D eigenvalue weighted by molar-refractivity contribution is 0.438. The van der Waals surface area contributed by atoms with Crippen LogP contribution in [0.2, 0.25) is 0 Å². The highest BCUT2D eigenvalue weighted by Crippen LogP contribution is 2.37. The number of benzene rings is 1. The Kier molecular flexibility index (Phi) is 5.69. The molecular weight excluding hydrogens is 400 g/mol. The molecule has 0 aromatic heterocycles. The lowest BCUT2D eigenvalue weighted by atomic mass is 10.00. The molecule has 0 unspecified atom stereocenters. The van der Waals surface area contributed by atoms with Gasteiger partial charge < -0.3 is 4.74 Å². The monoisotopic (exact) mass is 424 g/mol. The molecule has 0 spiro atoms. The number of hydrogen-bond donors (Lipinski definition) is 2. The van der Waals surface area contributed by atoms with E-state index in [9.17, 15) is 16.8 Å². The van der Waals surface area contributed by atoms with Crippen LogP contribution in [0.4, 0.5) is 0 Å². The third-order valence-electron chi connectivity index (χ3n) is 4.73. The minimum Gasteiger partial charge on any atom is -0.458 e. The third kappa shape index (κ3) is 4.31. The molecule has 0 heterocycles. The summed E-state index contributed by atoms with van der Waals surface area (Å²) in [5.41, 5.74) is 2.78. The van der Waals surface area contributed by atoms with Crippen LogP contribution < -0.4 is 14.2 Å². The number of rotatable bonds is 7.